The number of carboxylic acid groups (broad SMARTS) is 1. The zero-order valence-electron chi connectivity index (χ0n) is 8.89. The molecule has 86 valence electrons. The summed E-state index contributed by atoms with van der Waals surface area (Å²) in [6.45, 7) is 3.57. The van der Waals surface area contributed by atoms with Crippen molar-refractivity contribution in [3.63, 3.8) is 0 Å². The van der Waals surface area contributed by atoms with Crippen molar-refractivity contribution in [2.45, 2.75) is 19.9 Å². The highest BCUT2D eigenvalue weighted by Gasteiger charge is 2.14. The lowest BCUT2D eigenvalue weighted by molar-refractivity contribution is 0.0691. The molecule has 0 spiro atoms. The van der Waals surface area contributed by atoms with Crippen LogP contribution in [0.25, 0.3) is 0 Å². The summed E-state index contributed by atoms with van der Waals surface area (Å²) in [5.41, 5.74) is -0.290. The van der Waals surface area contributed by atoms with Gasteiger partial charge >= 0.3 is 12.0 Å². The second-order valence-electron chi connectivity index (χ2n) is 3.31. The number of nitrogens with one attached hydrogen (secondary N) is 2. The Bertz CT molecular complexity index is 405. The van der Waals surface area contributed by atoms with Crippen LogP contribution in [-0.2, 0) is 0 Å². The Balaban J connectivity index is 2.81. The average molecular weight is 224 g/mol. The number of hydrogen-bond acceptors (Lipinski definition) is 4. The van der Waals surface area contributed by atoms with Crippen molar-refractivity contribution in [1.82, 2.24) is 15.3 Å². The molecule has 1 aromatic heterocycles. The quantitative estimate of drug-likeness (QED) is 0.701. The van der Waals surface area contributed by atoms with Crippen LogP contribution < -0.4 is 10.6 Å². The molecule has 0 saturated heterocycles. The summed E-state index contributed by atoms with van der Waals surface area (Å²) >= 11 is 0. The van der Waals surface area contributed by atoms with Crippen LogP contribution in [0, 0.1) is 0 Å². The summed E-state index contributed by atoms with van der Waals surface area (Å²) in [6, 6.07) is -0.567. The van der Waals surface area contributed by atoms with Gasteiger partial charge in [0.05, 0.1) is 0 Å². The highest BCUT2D eigenvalue weighted by Crippen LogP contribution is 2.07. The molecule has 0 radical (unpaired) electrons. The minimum absolute atomic E-state index is 0.0510. The Morgan fingerprint density at radius 3 is 2.50 bits per heavy atom. The summed E-state index contributed by atoms with van der Waals surface area (Å²) in [5, 5.41) is 13.7. The number of aromatic carboxylic acids is 1. The second kappa shape index (κ2) is 5.06. The van der Waals surface area contributed by atoms with Crippen LogP contribution in [0.1, 0.15) is 24.3 Å². The first kappa shape index (κ1) is 11.9. The van der Waals surface area contributed by atoms with E-state index in [0.717, 1.165) is 0 Å². The van der Waals surface area contributed by atoms with Gasteiger partial charge in [-0.1, -0.05) is 0 Å². The molecule has 0 unspecified atom stereocenters. The molecule has 1 aromatic rings. The van der Waals surface area contributed by atoms with E-state index in [0.29, 0.717) is 0 Å². The van der Waals surface area contributed by atoms with Gasteiger partial charge in [-0.25, -0.2) is 19.6 Å². The van der Waals surface area contributed by atoms with Gasteiger partial charge in [-0.2, -0.15) is 0 Å². The first-order valence-electron chi connectivity index (χ1n) is 4.62. The third-order valence-corrected chi connectivity index (χ3v) is 1.55. The van der Waals surface area contributed by atoms with Crippen molar-refractivity contribution in [1.29, 1.82) is 0 Å². The fourth-order valence-electron chi connectivity index (χ4n) is 0.992. The van der Waals surface area contributed by atoms with E-state index in [-0.39, 0.29) is 17.6 Å². The molecule has 7 heteroatoms. The normalized spacial score (nSPS) is 9.94. The van der Waals surface area contributed by atoms with Gasteiger partial charge in [-0.3, -0.25) is 5.32 Å². The number of aromatic nitrogens is 2. The largest absolute Gasteiger partial charge is 0.476 e. The highest BCUT2D eigenvalue weighted by molar-refractivity contribution is 5.97. The molecule has 0 bridgehead atoms. The van der Waals surface area contributed by atoms with E-state index in [1.807, 2.05) is 0 Å². The molecular formula is C9H12N4O3. The first-order chi connectivity index (χ1) is 7.50. The number of amides is 2. The van der Waals surface area contributed by atoms with E-state index in [1.54, 1.807) is 13.8 Å². The lowest BCUT2D eigenvalue weighted by Gasteiger charge is -2.10. The molecule has 0 fully saturated rings. The van der Waals surface area contributed by atoms with Crippen LogP contribution in [0.3, 0.4) is 0 Å². The van der Waals surface area contributed by atoms with Gasteiger partial charge in [0.2, 0.25) is 0 Å². The number of rotatable bonds is 3. The van der Waals surface area contributed by atoms with Crippen LogP contribution >= 0.6 is 0 Å². The number of carboxylic acids is 1. The fraction of sp³-hybridized carbons (Fsp3) is 0.333. The summed E-state index contributed by atoms with van der Waals surface area (Å²) in [4.78, 5) is 29.4. The molecule has 1 heterocycles. The number of hydrogen-bond donors (Lipinski definition) is 3. The molecule has 0 aliphatic rings. The molecule has 0 aliphatic heterocycles. The van der Waals surface area contributed by atoms with Gasteiger partial charge in [0, 0.05) is 18.4 Å². The Hall–Kier alpha value is -2.18. The molecule has 2 amide bonds. The molecule has 0 aromatic carbocycles. The average Bonchev–Trinajstić information content (AvgIpc) is 2.16. The number of carbonyl (C=O) groups is 2. The van der Waals surface area contributed by atoms with Crippen molar-refractivity contribution in [3.05, 3.63) is 18.1 Å². The second-order valence-corrected chi connectivity index (χ2v) is 3.31. The zero-order chi connectivity index (χ0) is 12.1. The summed E-state index contributed by atoms with van der Waals surface area (Å²) < 4.78 is 0. The maximum Gasteiger partial charge on any atom is 0.358 e. The van der Waals surface area contributed by atoms with Gasteiger partial charge in [0.25, 0.3) is 0 Å². The van der Waals surface area contributed by atoms with Crippen molar-refractivity contribution in [2.75, 3.05) is 5.32 Å². The van der Waals surface area contributed by atoms with Crippen LogP contribution in [0.15, 0.2) is 12.4 Å². The maximum absolute atomic E-state index is 11.3. The molecule has 3 N–H and O–H groups in total. The van der Waals surface area contributed by atoms with E-state index >= 15 is 0 Å². The molecule has 16 heavy (non-hydrogen) atoms. The fourth-order valence-corrected chi connectivity index (χ4v) is 0.992. The molecule has 1 rings (SSSR count). The lowest BCUT2D eigenvalue weighted by atomic mass is 10.4. The molecule has 0 aliphatic carbocycles. The van der Waals surface area contributed by atoms with Crippen LogP contribution in [0.2, 0.25) is 0 Å². The van der Waals surface area contributed by atoms with E-state index < -0.39 is 12.0 Å². The number of urea groups is 1. The van der Waals surface area contributed by atoms with Gasteiger partial charge < -0.3 is 10.4 Å². The van der Waals surface area contributed by atoms with E-state index in [2.05, 4.69) is 20.6 Å². The third-order valence-electron chi connectivity index (χ3n) is 1.55. The van der Waals surface area contributed by atoms with Gasteiger partial charge in [-0.05, 0) is 13.8 Å². The zero-order valence-corrected chi connectivity index (χ0v) is 8.89. The van der Waals surface area contributed by atoms with Gasteiger partial charge in [0.1, 0.15) is 0 Å². The van der Waals surface area contributed by atoms with Gasteiger partial charge in [0.15, 0.2) is 11.5 Å². The Morgan fingerprint density at radius 2 is 1.94 bits per heavy atom. The lowest BCUT2D eigenvalue weighted by Crippen LogP contribution is -2.35. The standard InChI is InChI=1S/C9H12N4O3/c1-5(2)12-9(16)13-7-6(8(14)15)10-3-4-11-7/h3-5H,1-2H3,(H,14,15)(H2,11,12,13,16). The van der Waals surface area contributed by atoms with Crippen LogP contribution in [-0.4, -0.2) is 33.1 Å². The molecule has 0 atom stereocenters. The van der Waals surface area contributed by atoms with Crippen molar-refractivity contribution in [3.8, 4) is 0 Å². The number of anilines is 1. The monoisotopic (exact) mass is 224 g/mol. The maximum atomic E-state index is 11.3. The smallest absolute Gasteiger partial charge is 0.358 e. The summed E-state index contributed by atoms with van der Waals surface area (Å²) in [5.74, 6) is -1.32. The minimum Gasteiger partial charge on any atom is -0.476 e. The SMILES string of the molecule is CC(C)NC(=O)Nc1nccnc1C(=O)O. The van der Waals surface area contributed by atoms with Gasteiger partial charge in [-0.15, -0.1) is 0 Å². The Kier molecular flexibility index (Phi) is 3.76. The molecule has 7 nitrogen and oxygen atoms in total. The van der Waals surface area contributed by atoms with E-state index in [4.69, 9.17) is 5.11 Å². The van der Waals surface area contributed by atoms with E-state index in [1.165, 1.54) is 12.4 Å². The Morgan fingerprint density at radius 1 is 1.31 bits per heavy atom. The highest BCUT2D eigenvalue weighted by atomic mass is 16.4. The van der Waals surface area contributed by atoms with Crippen LogP contribution in [0.4, 0.5) is 10.6 Å². The third kappa shape index (κ3) is 3.19. The Labute approximate surface area is 91.9 Å². The van der Waals surface area contributed by atoms with Crippen molar-refractivity contribution in [2.24, 2.45) is 0 Å². The topological polar surface area (TPSA) is 104 Å². The molecular weight excluding hydrogens is 212 g/mol. The van der Waals surface area contributed by atoms with E-state index in [9.17, 15) is 9.59 Å². The van der Waals surface area contributed by atoms with Crippen LogP contribution in [0.5, 0.6) is 0 Å². The molecule has 0 saturated carbocycles. The van der Waals surface area contributed by atoms with Crippen molar-refractivity contribution >= 4 is 17.8 Å². The minimum atomic E-state index is -1.24. The summed E-state index contributed by atoms with van der Waals surface area (Å²) in [7, 11) is 0. The summed E-state index contributed by atoms with van der Waals surface area (Å²) in [6.07, 6.45) is 2.55. The number of carbonyl (C=O) groups excluding carboxylic acids is 1. The predicted octanol–water partition coefficient (Wildman–Crippen LogP) is 0.705. The van der Waals surface area contributed by atoms with Crippen molar-refractivity contribution < 1.29 is 14.7 Å². The first-order valence-corrected chi connectivity index (χ1v) is 4.62. The predicted molar refractivity (Wildman–Crippen MR) is 56.3 cm³/mol. The number of nitrogens with zero attached hydrogens (tertiary/aromatic N) is 2.